The molecule has 1 aliphatic rings. The molecule has 3 aromatic carbocycles. The second kappa shape index (κ2) is 8.40. The molecule has 0 saturated carbocycles. The van der Waals surface area contributed by atoms with Gasteiger partial charge in [0.2, 0.25) is 5.91 Å². The van der Waals surface area contributed by atoms with Gasteiger partial charge in [0.25, 0.3) is 5.91 Å². The van der Waals surface area contributed by atoms with E-state index in [0.29, 0.717) is 22.6 Å². The van der Waals surface area contributed by atoms with Crippen molar-refractivity contribution >= 4 is 29.1 Å². The normalized spacial score (nSPS) is 17.8. The van der Waals surface area contributed by atoms with Gasteiger partial charge in [0.05, 0.1) is 24.1 Å². The Labute approximate surface area is 184 Å². The average molecular weight is 439 g/mol. The van der Waals surface area contributed by atoms with Crippen molar-refractivity contribution < 1.29 is 18.7 Å². The Balaban J connectivity index is 1.78. The molecule has 0 fully saturated rings. The molecule has 0 unspecified atom stereocenters. The largest absolute Gasteiger partial charge is 0.497 e. The van der Waals surface area contributed by atoms with Crippen molar-refractivity contribution in [1.82, 2.24) is 4.90 Å². The highest BCUT2D eigenvalue weighted by Crippen LogP contribution is 2.42. The minimum atomic E-state index is -0.684. The first-order valence-electron chi connectivity index (χ1n) is 9.66. The Morgan fingerprint density at radius 2 is 1.81 bits per heavy atom. The molecule has 0 aliphatic carbocycles. The zero-order valence-electron chi connectivity index (χ0n) is 16.9. The monoisotopic (exact) mass is 438 g/mol. The first kappa shape index (κ1) is 20.9. The molecule has 31 heavy (non-hydrogen) atoms. The smallest absolute Gasteiger partial charge is 0.254 e. The lowest BCUT2D eigenvalue weighted by Crippen LogP contribution is -2.44. The van der Waals surface area contributed by atoms with Gasteiger partial charge >= 0.3 is 0 Å². The van der Waals surface area contributed by atoms with Crippen molar-refractivity contribution in [3.05, 3.63) is 94.3 Å². The molecule has 1 N–H and O–H groups in total. The summed E-state index contributed by atoms with van der Waals surface area (Å²) in [5, 5.41) is 2.74. The highest BCUT2D eigenvalue weighted by atomic mass is 35.5. The molecule has 0 saturated heterocycles. The van der Waals surface area contributed by atoms with Crippen molar-refractivity contribution in [2.45, 2.75) is 12.0 Å². The highest BCUT2D eigenvalue weighted by Gasteiger charge is 2.42. The van der Waals surface area contributed by atoms with Gasteiger partial charge in [-0.25, -0.2) is 4.39 Å². The van der Waals surface area contributed by atoms with Crippen molar-refractivity contribution in [3.63, 3.8) is 0 Å². The van der Waals surface area contributed by atoms with E-state index < -0.39 is 17.8 Å². The number of halogens is 2. The molecule has 1 heterocycles. The molecule has 5 nitrogen and oxygen atoms in total. The van der Waals surface area contributed by atoms with Gasteiger partial charge in [-0.15, -0.1) is 0 Å². The molecule has 1 aliphatic heterocycles. The minimum absolute atomic E-state index is 0.0826. The third-order valence-electron chi connectivity index (χ3n) is 5.51. The van der Waals surface area contributed by atoms with Gasteiger partial charge in [-0.05, 0) is 47.5 Å². The maximum atomic E-state index is 13.5. The first-order valence-corrected chi connectivity index (χ1v) is 10.0. The van der Waals surface area contributed by atoms with E-state index in [2.05, 4.69) is 5.32 Å². The van der Waals surface area contributed by atoms with Crippen molar-refractivity contribution in [3.8, 4) is 5.75 Å². The predicted octanol–water partition coefficient (Wildman–Crippen LogP) is 5.04. The summed E-state index contributed by atoms with van der Waals surface area (Å²) >= 11 is 5.87. The van der Waals surface area contributed by atoms with Crippen LogP contribution in [0.2, 0.25) is 5.02 Å². The Bertz CT molecular complexity index is 1150. The number of methoxy groups -OCH3 is 1. The lowest BCUT2D eigenvalue weighted by Gasteiger charge is -2.39. The van der Waals surface area contributed by atoms with Crippen LogP contribution in [-0.4, -0.2) is 30.9 Å². The van der Waals surface area contributed by atoms with Crippen LogP contribution < -0.4 is 10.1 Å². The lowest BCUT2D eigenvalue weighted by atomic mass is 9.79. The number of fused-ring (bicyclic) bond motifs is 1. The second-order valence-corrected chi connectivity index (χ2v) is 7.72. The molecular formula is C24H20ClFN2O3. The molecule has 7 heteroatoms. The van der Waals surface area contributed by atoms with Crippen molar-refractivity contribution in [2.75, 3.05) is 19.5 Å². The molecule has 0 bridgehead atoms. The number of ether oxygens (including phenoxy) is 1. The number of carbonyl (C=O) groups excluding carboxylic acids is 2. The van der Waals surface area contributed by atoms with Crippen LogP contribution in [0, 0.1) is 5.82 Å². The summed E-state index contributed by atoms with van der Waals surface area (Å²) in [4.78, 5) is 28.1. The summed E-state index contributed by atoms with van der Waals surface area (Å²) in [6, 6.07) is 17.8. The number of carbonyl (C=O) groups is 2. The number of likely N-dealkylation sites (N-methyl/N-ethyl adjacent to an activating group) is 1. The van der Waals surface area contributed by atoms with E-state index in [4.69, 9.17) is 16.3 Å². The molecule has 2 amide bonds. The third-order valence-corrected chi connectivity index (χ3v) is 5.80. The zero-order valence-corrected chi connectivity index (χ0v) is 17.7. The fourth-order valence-corrected chi connectivity index (χ4v) is 4.15. The molecular weight excluding hydrogens is 419 g/mol. The number of nitrogens with zero attached hydrogens (tertiary/aromatic N) is 1. The summed E-state index contributed by atoms with van der Waals surface area (Å²) in [5.41, 5.74) is 2.29. The van der Waals surface area contributed by atoms with E-state index in [1.807, 2.05) is 12.1 Å². The molecule has 2 atom stereocenters. The van der Waals surface area contributed by atoms with Crippen LogP contribution in [0.4, 0.5) is 10.1 Å². The van der Waals surface area contributed by atoms with Crippen molar-refractivity contribution in [1.29, 1.82) is 0 Å². The number of nitrogens with one attached hydrogen (secondary N) is 1. The van der Waals surface area contributed by atoms with Crippen LogP contribution in [0.1, 0.15) is 33.4 Å². The van der Waals surface area contributed by atoms with Crippen LogP contribution in [0.3, 0.4) is 0 Å². The molecule has 0 radical (unpaired) electrons. The van der Waals surface area contributed by atoms with Gasteiger partial charge in [-0.3, -0.25) is 9.59 Å². The zero-order chi connectivity index (χ0) is 22.1. The molecule has 0 aromatic heterocycles. The third kappa shape index (κ3) is 3.86. The predicted molar refractivity (Wildman–Crippen MR) is 117 cm³/mol. The van der Waals surface area contributed by atoms with Crippen LogP contribution >= 0.6 is 11.6 Å². The van der Waals surface area contributed by atoms with E-state index in [-0.39, 0.29) is 16.8 Å². The maximum Gasteiger partial charge on any atom is 0.254 e. The van der Waals surface area contributed by atoms with E-state index in [1.165, 1.54) is 18.2 Å². The summed E-state index contributed by atoms with van der Waals surface area (Å²) in [7, 11) is 3.26. The topological polar surface area (TPSA) is 58.6 Å². The SMILES string of the molecule is COc1ccc([C@@H]2[C@@H](C(=O)Nc3ccc(F)c(Cl)c3)c3ccccc3C(=O)N2C)cc1. The van der Waals surface area contributed by atoms with Crippen LogP contribution in [-0.2, 0) is 4.79 Å². The first-order chi connectivity index (χ1) is 14.9. The van der Waals surface area contributed by atoms with E-state index in [1.54, 1.807) is 55.5 Å². The van der Waals surface area contributed by atoms with Crippen LogP contribution in [0.15, 0.2) is 66.7 Å². The van der Waals surface area contributed by atoms with E-state index in [9.17, 15) is 14.0 Å². The molecule has 158 valence electrons. The fraction of sp³-hybridized carbons (Fsp3) is 0.167. The Morgan fingerprint density at radius 1 is 1.10 bits per heavy atom. The van der Waals surface area contributed by atoms with Gasteiger partial charge < -0.3 is 15.0 Å². The number of benzene rings is 3. The van der Waals surface area contributed by atoms with Gasteiger partial charge in [-0.2, -0.15) is 0 Å². The Morgan fingerprint density at radius 3 is 2.48 bits per heavy atom. The van der Waals surface area contributed by atoms with Crippen LogP contribution in [0.5, 0.6) is 5.75 Å². The fourth-order valence-electron chi connectivity index (χ4n) is 3.97. The molecule has 3 aromatic rings. The summed E-state index contributed by atoms with van der Waals surface area (Å²) in [5.74, 6) is -1.06. The Hall–Kier alpha value is -3.38. The van der Waals surface area contributed by atoms with Gasteiger partial charge in [-0.1, -0.05) is 41.9 Å². The summed E-state index contributed by atoms with van der Waals surface area (Å²) in [6.07, 6.45) is 0. The number of rotatable bonds is 4. The number of amides is 2. The second-order valence-electron chi connectivity index (χ2n) is 7.32. The maximum absolute atomic E-state index is 13.5. The molecule has 4 rings (SSSR count). The number of anilines is 1. The number of hydrogen-bond donors (Lipinski definition) is 1. The van der Waals surface area contributed by atoms with Gasteiger partial charge in [0.15, 0.2) is 0 Å². The average Bonchev–Trinajstić information content (AvgIpc) is 2.78. The van der Waals surface area contributed by atoms with Crippen LogP contribution in [0.25, 0.3) is 0 Å². The van der Waals surface area contributed by atoms with Crippen molar-refractivity contribution in [2.24, 2.45) is 0 Å². The number of hydrogen-bond acceptors (Lipinski definition) is 3. The van der Waals surface area contributed by atoms with Gasteiger partial charge in [0.1, 0.15) is 11.6 Å². The Kier molecular flexibility index (Phi) is 5.65. The molecule has 0 spiro atoms. The summed E-state index contributed by atoms with van der Waals surface area (Å²) in [6.45, 7) is 0. The quantitative estimate of drug-likeness (QED) is 0.621. The minimum Gasteiger partial charge on any atom is -0.497 e. The van der Waals surface area contributed by atoms with E-state index >= 15 is 0 Å². The highest BCUT2D eigenvalue weighted by molar-refractivity contribution is 6.31. The standard InChI is InChI=1S/C24H20ClFN2O3/c1-28-22(14-7-10-16(31-2)11-8-14)21(17-5-3-4-6-18(17)24(28)30)23(29)27-15-9-12-20(26)19(25)13-15/h3-13,21-22H,1-2H3,(H,27,29)/t21-,22+/m0/s1. The summed E-state index contributed by atoms with van der Waals surface area (Å²) < 4.78 is 18.8. The lowest BCUT2D eigenvalue weighted by molar-refractivity contribution is -0.119. The van der Waals surface area contributed by atoms with Gasteiger partial charge in [0, 0.05) is 18.3 Å². The van der Waals surface area contributed by atoms with E-state index in [0.717, 1.165) is 5.56 Å².